The Labute approximate surface area is 228 Å². The van der Waals surface area contributed by atoms with Gasteiger partial charge in [0.05, 0.1) is 34.0 Å². The minimum atomic E-state index is -1.10. The first-order chi connectivity index (χ1) is 18.6. The maximum Gasteiger partial charge on any atom is 0.328 e. The van der Waals surface area contributed by atoms with Crippen molar-refractivity contribution >= 4 is 35.7 Å². The Balaban J connectivity index is 2.73. The van der Waals surface area contributed by atoms with Crippen LogP contribution in [0.3, 0.4) is 0 Å². The Kier molecular flexibility index (Phi) is 14.7. The number of amides is 3. The van der Waals surface area contributed by atoms with E-state index in [1.165, 1.54) is 20.3 Å². The second-order valence-corrected chi connectivity index (χ2v) is 8.61. The van der Waals surface area contributed by atoms with Gasteiger partial charge in [-0.25, -0.2) is 4.79 Å². The Morgan fingerprint density at radius 3 is 2.18 bits per heavy atom. The Morgan fingerprint density at radius 1 is 0.923 bits per heavy atom. The van der Waals surface area contributed by atoms with Crippen LogP contribution in [0.4, 0.5) is 0 Å². The molecule has 0 aliphatic rings. The lowest BCUT2D eigenvalue weighted by molar-refractivity contribution is -0.149. The van der Waals surface area contributed by atoms with Crippen LogP contribution in [0, 0.1) is 5.92 Å². The fourth-order valence-corrected chi connectivity index (χ4v) is 3.36. The van der Waals surface area contributed by atoms with E-state index in [-0.39, 0.29) is 38.5 Å². The molecule has 0 fully saturated rings. The van der Waals surface area contributed by atoms with E-state index in [1.54, 1.807) is 52.0 Å². The van der Waals surface area contributed by atoms with Crippen molar-refractivity contribution in [3.8, 4) is 11.5 Å². The van der Waals surface area contributed by atoms with Crippen molar-refractivity contribution in [1.82, 2.24) is 16.0 Å². The summed E-state index contributed by atoms with van der Waals surface area (Å²) in [5.41, 5.74) is 0.683. The van der Waals surface area contributed by atoms with Crippen LogP contribution < -0.4 is 25.4 Å². The molecule has 12 nitrogen and oxygen atoms in total. The zero-order chi connectivity index (χ0) is 29.4. The lowest BCUT2D eigenvalue weighted by atomic mass is 10.0. The van der Waals surface area contributed by atoms with Gasteiger partial charge in [0.2, 0.25) is 17.7 Å². The first-order valence-electron chi connectivity index (χ1n) is 12.7. The first kappa shape index (κ1) is 32.9. The number of methoxy groups -OCH3 is 2. The predicted octanol–water partition coefficient (Wildman–Crippen LogP) is 1.37. The fraction of sp³-hybridized carbons (Fsp3) is 0.519. The number of nitrogens with one attached hydrogen (secondary N) is 3. The maximum atomic E-state index is 12.9. The van der Waals surface area contributed by atoms with Crippen molar-refractivity contribution in [2.75, 3.05) is 34.0 Å². The molecule has 216 valence electrons. The van der Waals surface area contributed by atoms with Crippen molar-refractivity contribution < 1.29 is 42.9 Å². The number of hydrogen-bond donors (Lipinski definition) is 3. The summed E-state index contributed by atoms with van der Waals surface area (Å²) < 4.78 is 20.3. The summed E-state index contributed by atoms with van der Waals surface area (Å²) in [5, 5.41) is 7.58. The van der Waals surface area contributed by atoms with Gasteiger partial charge in [-0.15, -0.1) is 0 Å². The molecule has 1 aromatic carbocycles. The second-order valence-electron chi connectivity index (χ2n) is 8.61. The molecular weight excluding hydrogens is 510 g/mol. The molecule has 0 aromatic heterocycles. The highest BCUT2D eigenvalue weighted by molar-refractivity contribution is 5.96. The number of carbonyl (C=O) groups excluding carboxylic acids is 5. The highest BCUT2D eigenvalue weighted by Gasteiger charge is 2.30. The van der Waals surface area contributed by atoms with Gasteiger partial charge in [-0.05, 0) is 50.0 Å². The van der Waals surface area contributed by atoms with Gasteiger partial charge in [0.25, 0.3) is 0 Å². The van der Waals surface area contributed by atoms with Gasteiger partial charge in [0.1, 0.15) is 12.1 Å². The number of benzene rings is 1. The molecule has 3 N–H and O–H groups in total. The van der Waals surface area contributed by atoms with Gasteiger partial charge in [-0.3, -0.25) is 19.2 Å². The van der Waals surface area contributed by atoms with Crippen molar-refractivity contribution in [2.45, 2.75) is 52.6 Å². The standard InChI is InChI=1S/C27H39N3O9/c1-7-38-24(33)14-11-19(27(35)39-8-2)29-26(34)25(17(3)4)30-23(32)16-28-22(31)13-10-18-9-12-20(36-5)21(15-18)37-6/h9-10,12-13,15,17,19,25H,7-8,11,14,16H2,1-6H3,(H,28,31)(H,29,34)(H,30,32)/b13-10+/t19-,25+/m1/s1. The lowest BCUT2D eigenvalue weighted by Gasteiger charge is -2.24. The highest BCUT2D eigenvalue weighted by atomic mass is 16.5. The molecule has 1 aromatic rings. The summed E-state index contributed by atoms with van der Waals surface area (Å²) in [5.74, 6) is -2.25. The molecule has 1 rings (SSSR count). The Hall–Kier alpha value is -4.09. The third-order valence-electron chi connectivity index (χ3n) is 5.35. The van der Waals surface area contributed by atoms with Crippen LogP contribution in [0.15, 0.2) is 24.3 Å². The molecule has 0 aliphatic heterocycles. The second kappa shape index (κ2) is 17.4. The summed E-state index contributed by atoms with van der Waals surface area (Å²) in [4.78, 5) is 61.7. The van der Waals surface area contributed by atoms with Gasteiger partial charge in [0.15, 0.2) is 11.5 Å². The van der Waals surface area contributed by atoms with Crippen molar-refractivity contribution in [1.29, 1.82) is 0 Å². The zero-order valence-corrected chi connectivity index (χ0v) is 23.3. The molecule has 0 radical (unpaired) electrons. The minimum absolute atomic E-state index is 0.0232. The third kappa shape index (κ3) is 11.9. The fourth-order valence-electron chi connectivity index (χ4n) is 3.36. The lowest BCUT2D eigenvalue weighted by Crippen LogP contribution is -2.55. The number of ether oxygens (including phenoxy) is 4. The molecule has 0 bridgehead atoms. The smallest absolute Gasteiger partial charge is 0.328 e. The topological polar surface area (TPSA) is 158 Å². The molecule has 0 saturated carbocycles. The van der Waals surface area contributed by atoms with E-state index >= 15 is 0 Å². The van der Waals surface area contributed by atoms with Crippen molar-refractivity contribution in [2.24, 2.45) is 5.92 Å². The molecule has 0 unspecified atom stereocenters. The number of carbonyl (C=O) groups is 5. The van der Waals surface area contributed by atoms with Gasteiger partial charge in [-0.1, -0.05) is 19.9 Å². The summed E-state index contributed by atoms with van der Waals surface area (Å²) >= 11 is 0. The van der Waals surface area contributed by atoms with Gasteiger partial charge >= 0.3 is 11.9 Å². The van der Waals surface area contributed by atoms with Gasteiger partial charge < -0.3 is 34.9 Å². The molecule has 0 heterocycles. The van der Waals surface area contributed by atoms with E-state index in [0.717, 1.165) is 0 Å². The molecule has 0 aliphatic carbocycles. The third-order valence-corrected chi connectivity index (χ3v) is 5.35. The summed E-state index contributed by atoms with van der Waals surface area (Å²) in [7, 11) is 3.02. The number of esters is 2. The summed E-state index contributed by atoms with van der Waals surface area (Å²) in [6.07, 6.45) is 2.68. The molecular formula is C27H39N3O9. The minimum Gasteiger partial charge on any atom is -0.493 e. The molecule has 3 amide bonds. The highest BCUT2D eigenvalue weighted by Crippen LogP contribution is 2.27. The Morgan fingerprint density at radius 2 is 1.59 bits per heavy atom. The van der Waals surface area contributed by atoms with E-state index in [2.05, 4.69) is 16.0 Å². The van der Waals surface area contributed by atoms with Crippen LogP contribution in [0.5, 0.6) is 11.5 Å². The first-order valence-corrected chi connectivity index (χ1v) is 12.7. The van der Waals surface area contributed by atoms with Crippen molar-refractivity contribution in [3.63, 3.8) is 0 Å². The average Bonchev–Trinajstić information content (AvgIpc) is 2.91. The van der Waals surface area contributed by atoms with E-state index in [0.29, 0.717) is 17.1 Å². The van der Waals surface area contributed by atoms with Gasteiger partial charge in [-0.2, -0.15) is 0 Å². The predicted molar refractivity (Wildman–Crippen MR) is 143 cm³/mol. The molecule has 0 saturated heterocycles. The van der Waals surface area contributed by atoms with Crippen LogP contribution in [-0.2, 0) is 33.4 Å². The monoisotopic (exact) mass is 549 g/mol. The van der Waals surface area contributed by atoms with Crippen molar-refractivity contribution in [3.05, 3.63) is 29.8 Å². The van der Waals surface area contributed by atoms with Crippen LogP contribution in [0.1, 0.15) is 46.1 Å². The number of hydrogen-bond acceptors (Lipinski definition) is 9. The van der Waals surface area contributed by atoms with E-state index in [1.807, 2.05) is 0 Å². The maximum absolute atomic E-state index is 12.9. The van der Waals surface area contributed by atoms with Crippen LogP contribution >= 0.6 is 0 Å². The Bertz CT molecular complexity index is 1020. The van der Waals surface area contributed by atoms with Crippen LogP contribution in [0.2, 0.25) is 0 Å². The van der Waals surface area contributed by atoms with E-state index in [4.69, 9.17) is 18.9 Å². The molecule has 0 spiro atoms. The van der Waals surface area contributed by atoms with Crippen LogP contribution in [0.25, 0.3) is 6.08 Å². The average molecular weight is 550 g/mol. The molecule has 39 heavy (non-hydrogen) atoms. The summed E-state index contributed by atoms with van der Waals surface area (Å²) in [6.45, 7) is 6.62. The largest absolute Gasteiger partial charge is 0.493 e. The molecule has 2 atom stereocenters. The number of rotatable bonds is 16. The van der Waals surface area contributed by atoms with Gasteiger partial charge in [0, 0.05) is 12.5 Å². The summed E-state index contributed by atoms with van der Waals surface area (Å²) in [6, 6.07) is 3.03. The zero-order valence-electron chi connectivity index (χ0n) is 23.3. The quantitative estimate of drug-likeness (QED) is 0.204. The van der Waals surface area contributed by atoms with Crippen LogP contribution in [-0.4, -0.2) is 75.7 Å². The SMILES string of the molecule is CCOC(=O)CC[C@@H](NC(=O)[C@@H](NC(=O)CNC(=O)/C=C/c1ccc(OC)c(OC)c1)C(C)C)C(=O)OCC. The normalized spacial score (nSPS) is 12.3. The molecule has 12 heteroatoms. The van der Waals surface area contributed by atoms with E-state index in [9.17, 15) is 24.0 Å². The van der Waals surface area contributed by atoms with E-state index < -0.39 is 41.7 Å².